The Bertz CT molecular complexity index is 1100. The minimum absolute atomic E-state index is 0.0306. The third-order valence-electron chi connectivity index (χ3n) is 9.35. The maximum absolute atomic E-state index is 13.9. The van der Waals surface area contributed by atoms with Gasteiger partial charge in [0, 0.05) is 34.2 Å². The first-order chi connectivity index (χ1) is 21.3. The summed E-state index contributed by atoms with van der Waals surface area (Å²) in [5.74, 6) is -1.84. The van der Waals surface area contributed by atoms with Crippen LogP contribution in [0.1, 0.15) is 65.9 Å². The highest BCUT2D eigenvalue weighted by Gasteiger charge is 2.42. The quantitative estimate of drug-likeness (QED) is 0.250. The van der Waals surface area contributed by atoms with Crippen molar-refractivity contribution in [2.45, 2.75) is 103 Å². The molecule has 1 aliphatic rings. The van der Waals surface area contributed by atoms with Crippen LogP contribution in [0, 0.1) is 17.8 Å². The van der Waals surface area contributed by atoms with Crippen LogP contribution in [0.3, 0.4) is 0 Å². The number of likely N-dealkylation sites (tertiary alicyclic amines) is 1. The van der Waals surface area contributed by atoms with Gasteiger partial charge in [0.1, 0.15) is 6.04 Å². The van der Waals surface area contributed by atoms with Crippen LogP contribution in [0.25, 0.3) is 0 Å². The summed E-state index contributed by atoms with van der Waals surface area (Å²) in [6, 6.07) is 7.18. The number of likely N-dealkylation sites (N-methyl/N-ethyl adjacent to an activating group) is 1. The van der Waals surface area contributed by atoms with E-state index in [4.69, 9.17) is 19.9 Å². The third-order valence-corrected chi connectivity index (χ3v) is 9.35. The topological polar surface area (TPSA) is 141 Å². The predicted octanol–water partition coefficient (Wildman–Crippen LogP) is 2.79. The molecule has 1 saturated heterocycles. The van der Waals surface area contributed by atoms with Gasteiger partial charge in [-0.2, -0.15) is 0 Å². The monoisotopic (exact) mass is 632 g/mol. The molecule has 1 heterocycles. The van der Waals surface area contributed by atoms with Crippen molar-refractivity contribution in [3.63, 3.8) is 0 Å². The fourth-order valence-electron chi connectivity index (χ4n) is 6.31. The molecule has 45 heavy (non-hydrogen) atoms. The van der Waals surface area contributed by atoms with E-state index in [0.717, 1.165) is 18.4 Å². The van der Waals surface area contributed by atoms with Crippen molar-refractivity contribution in [2.24, 2.45) is 23.5 Å². The number of nitrogens with two attached hydrogens (primary N) is 1. The lowest BCUT2D eigenvalue weighted by molar-refractivity contribution is -0.148. The molecule has 11 heteroatoms. The Balaban J connectivity index is 2.22. The number of ether oxygens (including phenoxy) is 3. The van der Waals surface area contributed by atoms with Crippen molar-refractivity contribution in [2.75, 3.05) is 34.9 Å². The van der Waals surface area contributed by atoms with Gasteiger partial charge in [-0.05, 0) is 30.2 Å². The van der Waals surface area contributed by atoms with Gasteiger partial charge in [0.15, 0.2) is 0 Å². The SMILES string of the molecule is CC[C@H](C)[C@@H]([C@@H](CC(=O)N1CCC[C@H]1[C@H](OC)[C@@H](C)C(=O)NC(Cc1ccccc1)C(=O)OC)OC)N(C)C(=O)[C@@H](N)C(C)C. The highest BCUT2D eigenvalue weighted by Crippen LogP contribution is 2.29. The summed E-state index contributed by atoms with van der Waals surface area (Å²) in [5, 5.41) is 2.85. The molecule has 0 saturated carbocycles. The largest absolute Gasteiger partial charge is 0.467 e. The Morgan fingerprint density at radius 3 is 2.22 bits per heavy atom. The van der Waals surface area contributed by atoms with Gasteiger partial charge in [0.2, 0.25) is 17.7 Å². The molecule has 1 aromatic carbocycles. The number of nitrogens with one attached hydrogen (secondary N) is 1. The van der Waals surface area contributed by atoms with E-state index in [-0.39, 0.29) is 54.5 Å². The van der Waals surface area contributed by atoms with Crippen LogP contribution in [-0.4, -0.2) is 105 Å². The molecule has 254 valence electrons. The van der Waals surface area contributed by atoms with E-state index in [1.807, 2.05) is 58.0 Å². The molecule has 0 aromatic heterocycles. The fourth-order valence-corrected chi connectivity index (χ4v) is 6.31. The summed E-state index contributed by atoms with van der Waals surface area (Å²) in [6.45, 7) is 10.2. The first-order valence-electron chi connectivity index (χ1n) is 16.1. The average Bonchev–Trinajstić information content (AvgIpc) is 3.52. The van der Waals surface area contributed by atoms with E-state index in [1.54, 1.807) is 30.9 Å². The number of carbonyl (C=O) groups excluding carboxylic acids is 4. The number of carbonyl (C=O) groups is 4. The summed E-state index contributed by atoms with van der Waals surface area (Å²) in [5.41, 5.74) is 7.10. The maximum atomic E-state index is 13.9. The molecular weight excluding hydrogens is 576 g/mol. The van der Waals surface area contributed by atoms with E-state index in [0.29, 0.717) is 13.0 Å². The Morgan fingerprint density at radius 1 is 1.04 bits per heavy atom. The molecule has 0 bridgehead atoms. The van der Waals surface area contributed by atoms with Gasteiger partial charge in [-0.3, -0.25) is 14.4 Å². The molecule has 1 aliphatic heterocycles. The van der Waals surface area contributed by atoms with Crippen molar-refractivity contribution in [1.82, 2.24) is 15.1 Å². The van der Waals surface area contributed by atoms with Crippen LogP contribution in [0.15, 0.2) is 30.3 Å². The van der Waals surface area contributed by atoms with Crippen LogP contribution in [0.4, 0.5) is 0 Å². The Kier molecular flexibility index (Phi) is 15.4. The van der Waals surface area contributed by atoms with Gasteiger partial charge in [-0.15, -0.1) is 0 Å². The number of hydrogen-bond donors (Lipinski definition) is 2. The van der Waals surface area contributed by atoms with E-state index in [2.05, 4.69) is 5.32 Å². The highest BCUT2D eigenvalue weighted by molar-refractivity contribution is 5.86. The van der Waals surface area contributed by atoms with Crippen LogP contribution >= 0.6 is 0 Å². The molecule has 0 spiro atoms. The van der Waals surface area contributed by atoms with Gasteiger partial charge >= 0.3 is 5.97 Å². The smallest absolute Gasteiger partial charge is 0.328 e. The van der Waals surface area contributed by atoms with Crippen molar-refractivity contribution in [3.8, 4) is 0 Å². The van der Waals surface area contributed by atoms with Crippen molar-refractivity contribution >= 4 is 23.7 Å². The number of esters is 1. The normalized spacial score (nSPS) is 19.6. The van der Waals surface area contributed by atoms with Crippen molar-refractivity contribution in [1.29, 1.82) is 0 Å². The molecular formula is C34H56N4O7. The summed E-state index contributed by atoms with van der Waals surface area (Å²) in [4.78, 5) is 56.6. The van der Waals surface area contributed by atoms with Crippen LogP contribution in [0.2, 0.25) is 0 Å². The lowest BCUT2D eigenvalue weighted by Gasteiger charge is -2.40. The molecule has 1 unspecified atom stereocenters. The molecule has 1 fully saturated rings. The minimum Gasteiger partial charge on any atom is -0.467 e. The number of hydrogen-bond acceptors (Lipinski definition) is 8. The first-order valence-corrected chi connectivity index (χ1v) is 16.1. The second kappa shape index (κ2) is 18.2. The molecule has 3 amide bonds. The second-order valence-electron chi connectivity index (χ2n) is 12.6. The summed E-state index contributed by atoms with van der Waals surface area (Å²) < 4.78 is 16.7. The zero-order chi connectivity index (χ0) is 33.8. The van der Waals surface area contributed by atoms with Crippen LogP contribution < -0.4 is 11.1 Å². The second-order valence-corrected chi connectivity index (χ2v) is 12.6. The van der Waals surface area contributed by atoms with Gasteiger partial charge in [-0.25, -0.2) is 4.79 Å². The zero-order valence-corrected chi connectivity index (χ0v) is 28.7. The average molecular weight is 633 g/mol. The Morgan fingerprint density at radius 2 is 1.69 bits per heavy atom. The van der Waals surface area contributed by atoms with E-state index in [9.17, 15) is 19.2 Å². The number of rotatable bonds is 17. The zero-order valence-electron chi connectivity index (χ0n) is 28.7. The van der Waals surface area contributed by atoms with Crippen LogP contribution in [-0.2, 0) is 39.8 Å². The minimum atomic E-state index is -0.866. The standard InChI is InChI=1S/C34H56N4O7/c1-10-22(4)30(37(6)33(41)29(35)21(2)3)27(43-7)20-28(39)38-18-14-17-26(38)31(44-8)23(5)32(40)36-25(34(42)45-9)19-24-15-12-11-13-16-24/h11-13,15-16,21-23,25-27,29-31H,10,14,17-20,35H2,1-9H3,(H,36,40)/t22-,23+,25?,26-,27+,29-,30-,31+/m0/s1. The van der Waals surface area contributed by atoms with Crippen molar-refractivity contribution in [3.05, 3.63) is 35.9 Å². The van der Waals surface area contributed by atoms with E-state index >= 15 is 0 Å². The fraction of sp³-hybridized carbons (Fsp3) is 0.706. The third kappa shape index (κ3) is 9.98. The Hall–Kier alpha value is -3.02. The highest BCUT2D eigenvalue weighted by atomic mass is 16.5. The summed E-state index contributed by atoms with van der Waals surface area (Å²) in [6.07, 6.45) is 1.40. The van der Waals surface area contributed by atoms with Gasteiger partial charge in [0.25, 0.3) is 0 Å². The molecule has 1 aromatic rings. The van der Waals surface area contributed by atoms with E-state index in [1.165, 1.54) is 14.2 Å². The number of nitrogens with zero attached hydrogens (tertiary/aromatic N) is 2. The molecule has 0 radical (unpaired) electrons. The molecule has 2 rings (SSSR count). The predicted molar refractivity (Wildman–Crippen MR) is 173 cm³/mol. The van der Waals surface area contributed by atoms with Crippen LogP contribution in [0.5, 0.6) is 0 Å². The maximum Gasteiger partial charge on any atom is 0.328 e. The van der Waals surface area contributed by atoms with E-state index < -0.39 is 36.2 Å². The molecule has 8 atom stereocenters. The summed E-state index contributed by atoms with van der Waals surface area (Å²) in [7, 11) is 6.12. The lowest BCUT2D eigenvalue weighted by Crippen LogP contribution is -2.56. The van der Waals surface area contributed by atoms with Gasteiger partial charge in [-0.1, -0.05) is 71.4 Å². The number of amides is 3. The summed E-state index contributed by atoms with van der Waals surface area (Å²) >= 11 is 0. The molecule has 3 N–H and O–H groups in total. The van der Waals surface area contributed by atoms with Gasteiger partial charge in [0.05, 0.1) is 49.8 Å². The van der Waals surface area contributed by atoms with Gasteiger partial charge < -0.3 is 35.1 Å². The Labute approximate surface area is 269 Å². The number of methoxy groups -OCH3 is 3. The lowest BCUT2D eigenvalue weighted by atomic mass is 9.89. The number of benzene rings is 1. The molecule has 11 nitrogen and oxygen atoms in total. The first kappa shape index (κ1) is 38.2. The van der Waals surface area contributed by atoms with Crippen molar-refractivity contribution < 1.29 is 33.4 Å². The molecule has 0 aliphatic carbocycles.